The molecule has 4 heteroatoms. The lowest BCUT2D eigenvalue weighted by Crippen LogP contribution is -2.61. The second-order valence-corrected chi connectivity index (χ2v) is 12.5. The van der Waals surface area contributed by atoms with Crippen molar-refractivity contribution >= 4 is 11.9 Å². The molecule has 0 aromatic heterocycles. The third kappa shape index (κ3) is 3.92. The highest BCUT2D eigenvalue weighted by molar-refractivity contribution is 5.66. The minimum atomic E-state index is -0.688. The predicted molar refractivity (Wildman–Crippen MR) is 126 cm³/mol. The van der Waals surface area contributed by atoms with Crippen LogP contribution in [0.5, 0.6) is 0 Å². The van der Waals surface area contributed by atoms with Gasteiger partial charge in [0.1, 0.15) is 6.10 Å². The Hall–Kier alpha value is -1.06. The smallest absolute Gasteiger partial charge is 0.303 e. The number of fused-ring (bicyclic) bond motifs is 5. The molecule has 1 N–H and O–H groups in total. The molecule has 0 aromatic rings. The lowest BCUT2D eigenvalue weighted by atomic mass is 9.41. The first kappa shape index (κ1) is 24.1. The van der Waals surface area contributed by atoms with E-state index in [1.807, 2.05) is 0 Å². The van der Waals surface area contributed by atoms with Gasteiger partial charge in [0.05, 0.1) is 0 Å². The highest BCUT2D eigenvalue weighted by Crippen LogP contribution is 2.70. The van der Waals surface area contributed by atoms with E-state index in [4.69, 9.17) is 4.74 Å². The monoisotopic (exact) mass is 446 g/mol. The number of ether oxygens (including phenoxy) is 1. The van der Waals surface area contributed by atoms with Gasteiger partial charge in [0.2, 0.25) is 0 Å². The van der Waals surface area contributed by atoms with Crippen molar-refractivity contribution in [2.75, 3.05) is 0 Å². The van der Waals surface area contributed by atoms with Crippen molar-refractivity contribution in [3.05, 3.63) is 0 Å². The van der Waals surface area contributed by atoms with Crippen LogP contribution >= 0.6 is 0 Å². The van der Waals surface area contributed by atoms with Crippen LogP contribution in [0.2, 0.25) is 0 Å². The van der Waals surface area contributed by atoms with Crippen LogP contribution in [0.15, 0.2) is 0 Å². The van der Waals surface area contributed by atoms with E-state index >= 15 is 0 Å². The van der Waals surface area contributed by atoms with Crippen LogP contribution < -0.4 is 0 Å². The standard InChI is InChI=1S/C28H46O4/c1-6-19-15-20-23-12-11-21(17(2)10-13-25(30)31)28(23,5)16-24(32-18(3)29)26(20)27(4)14-8-7-9-22(19)27/h17,19-24,26H,6-16H2,1-5H3,(H,30,31)/t17-,19+,20+,21-,22+,23+,24+,26-,27+,28-/m1/s1. The molecule has 0 saturated heterocycles. The minimum Gasteiger partial charge on any atom is -0.481 e. The van der Waals surface area contributed by atoms with Gasteiger partial charge in [-0.1, -0.05) is 47.0 Å². The van der Waals surface area contributed by atoms with Crippen molar-refractivity contribution in [2.24, 2.45) is 52.3 Å². The van der Waals surface area contributed by atoms with Gasteiger partial charge < -0.3 is 9.84 Å². The number of hydrogen-bond donors (Lipinski definition) is 1. The first-order chi connectivity index (χ1) is 15.1. The quantitative estimate of drug-likeness (QED) is 0.460. The van der Waals surface area contributed by atoms with Gasteiger partial charge in [-0.05, 0) is 91.3 Å². The van der Waals surface area contributed by atoms with Crippen LogP contribution in [0.3, 0.4) is 0 Å². The fraction of sp³-hybridized carbons (Fsp3) is 0.929. The summed E-state index contributed by atoms with van der Waals surface area (Å²) in [7, 11) is 0. The van der Waals surface area contributed by atoms with Crippen molar-refractivity contribution < 1.29 is 19.4 Å². The molecule has 182 valence electrons. The number of rotatable bonds is 6. The van der Waals surface area contributed by atoms with Gasteiger partial charge in [0.15, 0.2) is 0 Å². The van der Waals surface area contributed by atoms with E-state index in [0.29, 0.717) is 29.6 Å². The molecule has 4 aliphatic rings. The molecule has 4 fully saturated rings. The zero-order valence-electron chi connectivity index (χ0n) is 21.1. The van der Waals surface area contributed by atoms with Crippen LogP contribution in [0.4, 0.5) is 0 Å². The second kappa shape index (κ2) is 8.95. The molecule has 4 saturated carbocycles. The third-order valence-corrected chi connectivity index (χ3v) is 11.1. The first-order valence-corrected chi connectivity index (χ1v) is 13.5. The Labute approximate surface area is 195 Å². The summed E-state index contributed by atoms with van der Waals surface area (Å²) in [4.78, 5) is 23.5. The summed E-state index contributed by atoms with van der Waals surface area (Å²) >= 11 is 0. The molecule has 0 unspecified atom stereocenters. The fourth-order valence-corrected chi connectivity index (χ4v) is 9.96. The fourth-order valence-electron chi connectivity index (χ4n) is 9.96. The molecule has 4 rings (SSSR count). The Morgan fingerprint density at radius 2 is 1.84 bits per heavy atom. The van der Waals surface area contributed by atoms with Crippen molar-refractivity contribution in [3.63, 3.8) is 0 Å². The van der Waals surface area contributed by atoms with Gasteiger partial charge in [-0.15, -0.1) is 0 Å². The summed E-state index contributed by atoms with van der Waals surface area (Å²) in [5, 5.41) is 9.23. The van der Waals surface area contributed by atoms with Gasteiger partial charge in [-0.2, -0.15) is 0 Å². The predicted octanol–water partition coefficient (Wildman–Crippen LogP) is 6.71. The summed E-state index contributed by atoms with van der Waals surface area (Å²) in [6.45, 7) is 11.3. The third-order valence-electron chi connectivity index (χ3n) is 11.1. The normalized spacial score (nSPS) is 46.5. The summed E-state index contributed by atoms with van der Waals surface area (Å²) in [5.41, 5.74) is 0.436. The molecule has 0 amide bonds. The number of carbonyl (C=O) groups excluding carboxylic acids is 1. The number of esters is 1. The lowest BCUT2D eigenvalue weighted by molar-refractivity contribution is -0.204. The zero-order chi connectivity index (χ0) is 23.3. The van der Waals surface area contributed by atoms with E-state index in [2.05, 4.69) is 27.7 Å². The van der Waals surface area contributed by atoms with E-state index in [9.17, 15) is 14.7 Å². The maximum Gasteiger partial charge on any atom is 0.303 e. The molecule has 0 aliphatic heterocycles. The van der Waals surface area contributed by atoms with Crippen LogP contribution in [-0.2, 0) is 14.3 Å². The Bertz CT molecular complexity index is 718. The molecular weight excluding hydrogens is 400 g/mol. The van der Waals surface area contributed by atoms with Crippen molar-refractivity contribution in [3.8, 4) is 0 Å². The molecule has 0 aromatic carbocycles. The zero-order valence-corrected chi connectivity index (χ0v) is 21.1. The van der Waals surface area contributed by atoms with Crippen LogP contribution in [0.1, 0.15) is 105 Å². The molecule has 0 spiro atoms. The number of carbonyl (C=O) groups is 2. The van der Waals surface area contributed by atoms with E-state index < -0.39 is 5.97 Å². The van der Waals surface area contributed by atoms with Crippen LogP contribution in [0, 0.1) is 52.3 Å². The summed E-state index contributed by atoms with van der Waals surface area (Å²) < 4.78 is 6.21. The average molecular weight is 447 g/mol. The molecule has 32 heavy (non-hydrogen) atoms. The number of carboxylic acids is 1. The Kier molecular flexibility index (Phi) is 6.73. The molecule has 0 heterocycles. The van der Waals surface area contributed by atoms with E-state index in [1.54, 1.807) is 6.92 Å². The molecule has 0 bridgehead atoms. The van der Waals surface area contributed by atoms with Gasteiger partial charge in [-0.3, -0.25) is 9.59 Å². The maximum absolute atomic E-state index is 12.3. The summed E-state index contributed by atoms with van der Waals surface area (Å²) in [6.07, 6.45) is 12.4. The van der Waals surface area contributed by atoms with Crippen molar-refractivity contribution in [2.45, 2.75) is 111 Å². The summed E-state index contributed by atoms with van der Waals surface area (Å²) in [5.74, 6) is 3.50. The number of aliphatic carboxylic acids is 1. The van der Waals surface area contributed by atoms with Crippen LogP contribution in [-0.4, -0.2) is 23.1 Å². The average Bonchev–Trinajstić information content (AvgIpc) is 3.07. The lowest BCUT2D eigenvalue weighted by Gasteiger charge is -2.64. The number of carboxylic acid groups (broad SMARTS) is 1. The SMILES string of the molecule is CC[C@H]1C[C@@H]2[C@H]([C@@H](OC(C)=O)C[C@]3(C)[C@@H]([C@H](C)CCC(=O)O)CC[C@@H]23)[C@@]2(C)CCCC[C@@H]12. The highest BCUT2D eigenvalue weighted by Gasteiger charge is 2.65. The van der Waals surface area contributed by atoms with E-state index in [-0.39, 0.29) is 29.3 Å². The van der Waals surface area contributed by atoms with Crippen molar-refractivity contribution in [1.82, 2.24) is 0 Å². The Morgan fingerprint density at radius 3 is 2.50 bits per heavy atom. The largest absolute Gasteiger partial charge is 0.481 e. The summed E-state index contributed by atoms with van der Waals surface area (Å²) in [6, 6.07) is 0. The van der Waals surface area contributed by atoms with E-state index in [1.165, 1.54) is 51.4 Å². The topological polar surface area (TPSA) is 63.6 Å². The van der Waals surface area contributed by atoms with Crippen LogP contribution in [0.25, 0.3) is 0 Å². The van der Waals surface area contributed by atoms with Crippen molar-refractivity contribution in [1.29, 1.82) is 0 Å². The molecular formula is C28H46O4. The van der Waals surface area contributed by atoms with Gasteiger partial charge in [0.25, 0.3) is 0 Å². The van der Waals surface area contributed by atoms with Gasteiger partial charge in [0, 0.05) is 19.3 Å². The highest BCUT2D eigenvalue weighted by atomic mass is 16.5. The van der Waals surface area contributed by atoms with E-state index in [0.717, 1.165) is 24.7 Å². The Balaban J connectivity index is 1.69. The van der Waals surface area contributed by atoms with Gasteiger partial charge >= 0.3 is 11.9 Å². The maximum atomic E-state index is 12.3. The number of hydrogen-bond acceptors (Lipinski definition) is 3. The minimum absolute atomic E-state index is 0.0226. The second-order valence-electron chi connectivity index (χ2n) is 12.5. The molecule has 4 aliphatic carbocycles. The molecule has 0 radical (unpaired) electrons. The molecule has 4 nitrogen and oxygen atoms in total. The van der Waals surface area contributed by atoms with Gasteiger partial charge in [-0.25, -0.2) is 0 Å². The Morgan fingerprint density at radius 1 is 1.09 bits per heavy atom. The molecule has 10 atom stereocenters. The first-order valence-electron chi connectivity index (χ1n) is 13.5.